The van der Waals surface area contributed by atoms with Gasteiger partial charge in [0.05, 0.1) is 6.54 Å². The number of carbonyl (C=O) groups is 1. The van der Waals surface area contributed by atoms with Gasteiger partial charge in [0.25, 0.3) is 0 Å². The van der Waals surface area contributed by atoms with Crippen LogP contribution < -0.4 is 10.6 Å². The van der Waals surface area contributed by atoms with Gasteiger partial charge in [-0.25, -0.2) is 0 Å². The second kappa shape index (κ2) is 7.84. The third kappa shape index (κ3) is 5.19. The van der Waals surface area contributed by atoms with Crippen molar-refractivity contribution in [1.29, 1.82) is 0 Å². The molecule has 1 rings (SSSR count). The topological polar surface area (TPSA) is 41.1 Å². The van der Waals surface area contributed by atoms with E-state index in [-0.39, 0.29) is 5.91 Å². The van der Waals surface area contributed by atoms with Crippen molar-refractivity contribution in [3.8, 4) is 0 Å². The van der Waals surface area contributed by atoms with Gasteiger partial charge in [-0.15, -0.1) is 11.3 Å². The van der Waals surface area contributed by atoms with Crippen molar-refractivity contribution in [2.45, 2.75) is 39.3 Å². The zero-order chi connectivity index (χ0) is 12.7. The predicted molar refractivity (Wildman–Crippen MR) is 76.2 cm³/mol. The van der Waals surface area contributed by atoms with Gasteiger partial charge in [0, 0.05) is 21.9 Å². The maximum Gasteiger partial charge on any atom is 0.234 e. The van der Waals surface area contributed by atoms with Crippen LogP contribution in [0.4, 0.5) is 0 Å². The van der Waals surface area contributed by atoms with Crippen molar-refractivity contribution in [1.82, 2.24) is 10.6 Å². The quantitative estimate of drug-likeness (QED) is 0.811. The molecule has 5 heteroatoms. The minimum absolute atomic E-state index is 0.0754. The largest absolute Gasteiger partial charge is 0.352 e. The second-order valence-electron chi connectivity index (χ2n) is 3.88. The van der Waals surface area contributed by atoms with Crippen molar-refractivity contribution in [2.75, 3.05) is 6.54 Å². The Bertz CT molecular complexity index is 350. The standard InChI is InChI=1S/C12H19BrN2OS/c1-3-9(4-2)15-12(16)8-14-7-11-10(13)5-6-17-11/h5-6,9,14H,3-4,7-8H2,1-2H3,(H,15,16). The van der Waals surface area contributed by atoms with E-state index >= 15 is 0 Å². The number of thiophene rings is 1. The second-order valence-corrected chi connectivity index (χ2v) is 5.73. The van der Waals surface area contributed by atoms with E-state index in [2.05, 4.69) is 40.4 Å². The number of hydrogen-bond acceptors (Lipinski definition) is 3. The molecule has 0 saturated heterocycles. The van der Waals surface area contributed by atoms with Gasteiger partial charge in [-0.05, 0) is 40.2 Å². The van der Waals surface area contributed by atoms with E-state index in [4.69, 9.17) is 0 Å². The average Bonchev–Trinajstić information content (AvgIpc) is 2.72. The van der Waals surface area contributed by atoms with Gasteiger partial charge < -0.3 is 10.6 Å². The average molecular weight is 319 g/mol. The molecule has 0 aromatic carbocycles. The Labute approximate surface area is 115 Å². The van der Waals surface area contributed by atoms with Crippen LogP contribution in [0.15, 0.2) is 15.9 Å². The molecule has 96 valence electrons. The van der Waals surface area contributed by atoms with Crippen molar-refractivity contribution >= 4 is 33.2 Å². The lowest BCUT2D eigenvalue weighted by molar-refractivity contribution is -0.121. The van der Waals surface area contributed by atoms with Crippen molar-refractivity contribution in [3.05, 3.63) is 20.8 Å². The fourth-order valence-electron chi connectivity index (χ4n) is 1.51. The van der Waals surface area contributed by atoms with Crippen LogP contribution in [-0.2, 0) is 11.3 Å². The number of rotatable bonds is 7. The van der Waals surface area contributed by atoms with E-state index in [1.54, 1.807) is 11.3 Å². The first-order valence-corrected chi connectivity index (χ1v) is 7.56. The van der Waals surface area contributed by atoms with Crippen LogP contribution in [0.25, 0.3) is 0 Å². The first kappa shape index (κ1) is 14.7. The summed E-state index contributed by atoms with van der Waals surface area (Å²) in [6.45, 7) is 5.28. The molecule has 0 fully saturated rings. The van der Waals surface area contributed by atoms with E-state index < -0.39 is 0 Å². The summed E-state index contributed by atoms with van der Waals surface area (Å²) in [4.78, 5) is 12.8. The maximum absolute atomic E-state index is 11.6. The summed E-state index contributed by atoms with van der Waals surface area (Å²) in [6.07, 6.45) is 1.97. The molecule has 1 heterocycles. The van der Waals surface area contributed by atoms with Gasteiger partial charge in [-0.1, -0.05) is 13.8 Å². The summed E-state index contributed by atoms with van der Waals surface area (Å²) in [7, 11) is 0. The normalized spacial score (nSPS) is 10.8. The fourth-order valence-corrected chi connectivity index (χ4v) is 2.97. The lowest BCUT2D eigenvalue weighted by Gasteiger charge is -2.14. The van der Waals surface area contributed by atoms with Crippen LogP contribution in [0.5, 0.6) is 0 Å². The summed E-state index contributed by atoms with van der Waals surface area (Å²) in [5, 5.41) is 8.18. The molecule has 1 amide bonds. The van der Waals surface area contributed by atoms with E-state index in [1.165, 1.54) is 4.88 Å². The van der Waals surface area contributed by atoms with Crippen LogP contribution in [0.1, 0.15) is 31.6 Å². The molecule has 3 nitrogen and oxygen atoms in total. The summed E-state index contributed by atoms with van der Waals surface area (Å²) in [6, 6.07) is 2.32. The molecule has 0 aliphatic heterocycles. The van der Waals surface area contributed by atoms with E-state index in [9.17, 15) is 4.79 Å². The SMILES string of the molecule is CCC(CC)NC(=O)CNCc1sccc1Br. The third-order valence-electron chi connectivity index (χ3n) is 2.61. The molecule has 2 N–H and O–H groups in total. The lowest BCUT2D eigenvalue weighted by atomic mass is 10.2. The highest BCUT2D eigenvalue weighted by molar-refractivity contribution is 9.10. The molecule has 0 aliphatic carbocycles. The fraction of sp³-hybridized carbons (Fsp3) is 0.583. The Kier molecular flexibility index (Phi) is 6.77. The summed E-state index contributed by atoms with van der Waals surface area (Å²) >= 11 is 5.15. The molecule has 0 spiro atoms. The van der Waals surface area contributed by atoms with Gasteiger partial charge in [-0.2, -0.15) is 0 Å². The van der Waals surface area contributed by atoms with E-state index in [1.807, 2.05) is 11.4 Å². The highest BCUT2D eigenvalue weighted by atomic mass is 79.9. The summed E-state index contributed by atoms with van der Waals surface area (Å²) < 4.78 is 1.11. The summed E-state index contributed by atoms with van der Waals surface area (Å²) in [5.74, 6) is 0.0754. The van der Waals surface area contributed by atoms with Crippen molar-refractivity contribution < 1.29 is 4.79 Å². The minimum Gasteiger partial charge on any atom is -0.352 e. The molecule has 0 aliphatic rings. The predicted octanol–water partition coefficient (Wildman–Crippen LogP) is 2.91. The van der Waals surface area contributed by atoms with Crippen LogP contribution in [0.2, 0.25) is 0 Å². The van der Waals surface area contributed by atoms with Gasteiger partial charge in [-0.3, -0.25) is 4.79 Å². The number of hydrogen-bond donors (Lipinski definition) is 2. The van der Waals surface area contributed by atoms with Gasteiger partial charge in [0.15, 0.2) is 0 Å². The molecule has 1 aromatic rings. The summed E-state index contributed by atoms with van der Waals surface area (Å²) in [5.41, 5.74) is 0. The highest BCUT2D eigenvalue weighted by Gasteiger charge is 2.08. The lowest BCUT2D eigenvalue weighted by Crippen LogP contribution is -2.39. The first-order valence-electron chi connectivity index (χ1n) is 5.89. The molecule has 0 saturated carbocycles. The Morgan fingerprint density at radius 1 is 1.47 bits per heavy atom. The third-order valence-corrected chi connectivity index (χ3v) is 4.54. The van der Waals surface area contributed by atoms with Crippen molar-refractivity contribution in [3.63, 3.8) is 0 Å². The van der Waals surface area contributed by atoms with E-state index in [0.717, 1.165) is 23.9 Å². The van der Waals surface area contributed by atoms with Gasteiger partial charge in [0.1, 0.15) is 0 Å². The van der Waals surface area contributed by atoms with Crippen molar-refractivity contribution in [2.24, 2.45) is 0 Å². The highest BCUT2D eigenvalue weighted by Crippen LogP contribution is 2.21. The molecule has 0 bridgehead atoms. The molecular weight excluding hydrogens is 300 g/mol. The van der Waals surface area contributed by atoms with Crippen LogP contribution in [0.3, 0.4) is 0 Å². The number of halogens is 1. The van der Waals surface area contributed by atoms with Gasteiger partial charge >= 0.3 is 0 Å². The smallest absolute Gasteiger partial charge is 0.234 e. The molecule has 1 aromatic heterocycles. The zero-order valence-corrected chi connectivity index (χ0v) is 12.7. The monoisotopic (exact) mass is 318 g/mol. The van der Waals surface area contributed by atoms with E-state index in [0.29, 0.717) is 12.6 Å². The number of carbonyl (C=O) groups excluding carboxylic acids is 1. The Balaban J connectivity index is 2.22. The first-order chi connectivity index (χ1) is 8.17. The molecule has 0 radical (unpaired) electrons. The molecule has 0 atom stereocenters. The number of nitrogens with one attached hydrogen (secondary N) is 2. The van der Waals surface area contributed by atoms with Crippen LogP contribution in [-0.4, -0.2) is 18.5 Å². The molecular formula is C12H19BrN2OS. The Morgan fingerprint density at radius 2 is 2.18 bits per heavy atom. The molecule has 17 heavy (non-hydrogen) atoms. The molecule has 0 unspecified atom stereocenters. The van der Waals surface area contributed by atoms with Gasteiger partial charge in [0.2, 0.25) is 5.91 Å². The van der Waals surface area contributed by atoms with Crippen LogP contribution >= 0.6 is 27.3 Å². The zero-order valence-electron chi connectivity index (χ0n) is 10.3. The minimum atomic E-state index is 0.0754. The Morgan fingerprint density at radius 3 is 2.71 bits per heavy atom. The Hall–Kier alpha value is -0.390. The van der Waals surface area contributed by atoms with Crippen LogP contribution in [0, 0.1) is 0 Å². The maximum atomic E-state index is 11.6. The number of amides is 1.